The Morgan fingerprint density at radius 2 is 2.10 bits per heavy atom. The van der Waals surface area contributed by atoms with Gasteiger partial charge in [0.1, 0.15) is 6.04 Å². The maximum Gasteiger partial charge on any atom is 0.239 e. The van der Waals surface area contributed by atoms with Crippen molar-refractivity contribution in [1.82, 2.24) is 20.4 Å². The molecule has 2 N–H and O–H groups in total. The number of nitrogens with one attached hydrogen (secondary N) is 2. The molecule has 0 aromatic carbocycles. The summed E-state index contributed by atoms with van der Waals surface area (Å²) >= 11 is 0. The van der Waals surface area contributed by atoms with Crippen LogP contribution in [0, 0.1) is 0 Å². The van der Waals surface area contributed by atoms with Crippen LogP contribution in [-0.2, 0) is 9.53 Å². The molecular weight excluding hydrogens is 268 g/mol. The molecule has 1 amide bonds. The number of piperazine rings is 1. The summed E-state index contributed by atoms with van der Waals surface area (Å²) in [5.41, 5.74) is 0. The van der Waals surface area contributed by atoms with E-state index in [-0.39, 0.29) is 18.1 Å². The van der Waals surface area contributed by atoms with Crippen molar-refractivity contribution in [2.45, 2.75) is 39.0 Å². The normalized spacial score (nSPS) is 30.0. The Labute approximate surface area is 128 Å². The van der Waals surface area contributed by atoms with Gasteiger partial charge >= 0.3 is 0 Å². The van der Waals surface area contributed by atoms with E-state index in [2.05, 4.69) is 34.3 Å². The standard InChI is InChI=1S/C15H30N4O2/c1-4-18-6-8-19(9-7-18)12(2)11-17-15(20)14-13(3)21-10-5-16-14/h12-14,16H,4-11H2,1-3H3,(H,17,20)/t12?,13-,14+/m1/s1. The van der Waals surface area contributed by atoms with E-state index in [1.165, 1.54) is 0 Å². The van der Waals surface area contributed by atoms with E-state index in [0.717, 1.165) is 39.3 Å². The fourth-order valence-corrected chi connectivity index (χ4v) is 3.04. The van der Waals surface area contributed by atoms with Crippen LogP contribution in [0.1, 0.15) is 20.8 Å². The van der Waals surface area contributed by atoms with Crippen LogP contribution in [0.3, 0.4) is 0 Å². The zero-order valence-corrected chi connectivity index (χ0v) is 13.6. The van der Waals surface area contributed by atoms with Gasteiger partial charge in [-0.25, -0.2) is 0 Å². The van der Waals surface area contributed by atoms with Crippen LogP contribution >= 0.6 is 0 Å². The number of rotatable bonds is 5. The summed E-state index contributed by atoms with van der Waals surface area (Å²) in [6.07, 6.45) is -0.0536. The predicted molar refractivity (Wildman–Crippen MR) is 83.4 cm³/mol. The molecule has 2 aliphatic heterocycles. The lowest BCUT2D eigenvalue weighted by atomic mass is 10.1. The Morgan fingerprint density at radius 1 is 1.38 bits per heavy atom. The molecule has 2 aliphatic rings. The van der Waals surface area contributed by atoms with Gasteiger partial charge in [0.05, 0.1) is 12.7 Å². The zero-order valence-electron chi connectivity index (χ0n) is 13.6. The van der Waals surface area contributed by atoms with Gasteiger partial charge in [0.2, 0.25) is 5.91 Å². The first-order chi connectivity index (χ1) is 10.1. The Morgan fingerprint density at radius 3 is 2.71 bits per heavy atom. The van der Waals surface area contributed by atoms with E-state index in [9.17, 15) is 4.79 Å². The summed E-state index contributed by atoms with van der Waals surface area (Å²) in [6.45, 7) is 14.0. The number of nitrogens with zero attached hydrogens (tertiary/aromatic N) is 2. The summed E-state index contributed by atoms with van der Waals surface area (Å²) in [7, 11) is 0. The molecule has 2 rings (SSSR count). The van der Waals surface area contributed by atoms with Crippen LogP contribution in [0.2, 0.25) is 0 Å². The summed E-state index contributed by atoms with van der Waals surface area (Å²) < 4.78 is 5.52. The van der Waals surface area contributed by atoms with Crippen LogP contribution in [0.5, 0.6) is 0 Å². The monoisotopic (exact) mass is 298 g/mol. The molecule has 0 aliphatic carbocycles. The highest BCUT2D eigenvalue weighted by Gasteiger charge is 2.29. The van der Waals surface area contributed by atoms with Gasteiger partial charge in [-0.2, -0.15) is 0 Å². The summed E-state index contributed by atoms with van der Waals surface area (Å²) in [4.78, 5) is 17.1. The topological polar surface area (TPSA) is 56.8 Å². The highest BCUT2D eigenvalue weighted by atomic mass is 16.5. The van der Waals surface area contributed by atoms with Gasteiger partial charge in [0.25, 0.3) is 0 Å². The molecule has 0 radical (unpaired) electrons. The first-order valence-electron chi connectivity index (χ1n) is 8.21. The molecule has 6 nitrogen and oxygen atoms in total. The maximum absolute atomic E-state index is 12.2. The molecule has 0 spiro atoms. The minimum atomic E-state index is -0.220. The highest BCUT2D eigenvalue weighted by molar-refractivity contribution is 5.82. The molecule has 21 heavy (non-hydrogen) atoms. The second-order valence-corrected chi connectivity index (χ2v) is 6.07. The van der Waals surface area contributed by atoms with Gasteiger partial charge < -0.3 is 20.3 Å². The molecule has 3 atom stereocenters. The minimum Gasteiger partial charge on any atom is -0.375 e. The molecule has 122 valence electrons. The van der Waals surface area contributed by atoms with Gasteiger partial charge in [-0.1, -0.05) is 6.92 Å². The van der Waals surface area contributed by atoms with Crippen molar-refractivity contribution in [2.75, 3.05) is 52.4 Å². The van der Waals surface area contributed by atoms with Crippen LogP contribution in [0.15, 0.2) is 0 Å². The van der Waals surface area contributed by atoms with Crippen molar-refractivity contribution in [3.05, 3.63) is 0 Å². The molecule has 2 saturated heterocycles. The van der Waals surface area contributed by atoms with E-state index in [0.29, 0.717) is 19.2 Å². The molecule has 0 bridgehead atoms. The number of carbonyl (C=O) groups is 1. The number of hydrogen-bond donors (Lipinski definition) is 2. The lowest BCUT2D eigenvalue weighted by molar-refractivity contribution is -0.129. The summed E-state index contributed by atoms with van der Waals surface area (Å²) in [6, 6.07) is 0.163. The fourth-order valence-electron chi connectivity index (χ4n) is 3.04. The number of likely N-dealkylation sites (N-methyl/N-ethyl adjacent to an activating group) is 1. The molecule has 0 aromatic heterocycles. The van der Waals surface area contributed by atoms with E-state index < -0.39 is 0 Å². The largest absolute Gasteiger partial charge is 0.375 e. The van der Waals surface area contributed by atoms with Crippen LogP contribution in [0.4, 0.5) is 0 Å². The van der Waals surface area contributed by atoms with Gasteiger partial charge in [0, 0.05) is 45.3 Å². The minimum absolute atomic E-state index is 0.0536. The maximum atomic E-state index is 12.2. The Balaban J connectivity index is 1.71. The lowest BCUT2D eigenvalue weighted by Gasteiger charge is -2.38. The number of ether oxygens (including phenoxy) is 1. The van der Waals surface area contributed by atoms with Crippen molar-refractivity contribution >= 4 is 5.91 Å². The average molecular weight is 298 g/mol. The highest BCUT2D eigenvalue weighted by Crippen LogP contribution is 2.07. The smallest absolute Gasteiger partial charge is 0.239 e. The second-order valence-electron chi connectivity index (χ2n) is 6.07. The molecule has 6 heteroatoms. The SMILES string of the molecule is CCN1CCN(C(C)CNC(=O)[C@H]2NCCO[C@@H]2C)CC1. The van der Waals surface area contributed by atoms with Crippen molar-refractivity contribution in [3.63, 3.8) is 0 Å². The van der Waals surface area contributed by atoms with Crippen molar-refractivity contribution in [2.24, 2.45) is 0 Å². The fraction of sp³-hybridized carbons (Fsp3) is 0.933. The molecule has 2 heterocycles. The third kappa shape index (κ3) is 4.64. The first kappa shape index (κ1) is 16.7. The number of amides is 1. The van der Waals surface area contributed by atoms with Crippen LogP contribution in [0.25, 0.3) is 0 Å². The Bertz CT molecular complexity index is 332. The predicted octanol–water partition coefficient (Wildman–Crippen LogP) is -0.494. The van der Waals surface area contributed by atoms with Crippen molar-refractivity contribution in [3.8, 4) is 0 Å². The summed E-state index contributed by atoms with van der Waals surface area (Å²) in [5, 5.41) is 6.30. The van der Waals surface area contributed by atoms with Crippen LogP contribution in [-0.4, -0.2) is 86.3 Å². The van der Waals surface area contributed by atoms with Gasteiger partial charge in [-0.3, -0.25) is 9.69 Å². The molecule has 1 unspecified atom stereocenters. The zero-order chi connectivity index (χ0) is 15.2. The quantitative estimate of drug-likeness (QED) is 0.717. The van der Waals surface area contributed by atoms with E-state index in [1.54, 1.807) is 0 Å². The number of hydrogen-bond acceptors (Lipinski definition) is 5. The first-order valence-corrected chi connectivity index (χ1v) is 8.21. The molecular formula is C15H30N4O2. The third-order valence-electron chi connectivity index (χ3n) is 4.65. The van der Waals surface area contributed by atoms with E-state index >= 15 is 0 Å². The number of carbonyl (C=O) groups excluding carboxylic acids is 1. The van der Waals surface area contributed by atoms with Gasteiger partial charge in [-0.15, -0.1) is 0 Å². The second kappa shape index (κ2) is 8.08. The Kier molecular flexibility index (Phi) is 6.41. The molecule has 0 aromatic rings. The Hall–Kier alpha value is -0.690. The van der Waals surface area contributed by atoms with Crippen molar-refractivity contribution < 1.29 is 9.53 Å². The van der Waals surface area contributed by atoms with E-state index in [4.69, 9.17) is 4.74 Å². The average Bonchev–Trinajstić information content (AvgIpc) is 2.52. The lowest BCUT2D eigenvalue weighted by Crippen LogP contribution is -2.57. The summed E-state index contributed by atoms with van der Waals surface area (Å²) in [5.74, 6) is 0.0567. The van der Waals surface area contributed by atoms with Crippen LogP contribution < -0.4 is 10.6 Å². The van der Waals surface area contributed by atoms with Gasteiger partial charge in [0.15, 0.2) is 0 Å². The molecule has 2 fully saturated rings. The molecule has 0 saturated carbocycles. The third-order valence-corrected chi connectivity index (χ3v) is 4.65. The van der Waals surface area contributed by atoms with E-state index in [1.807, 2.05) is 6.92 Å². The van der Waals surface area contributed by atoms with Gasteiger partial charge in [-0.05, 0) is 20.4 Å². The number of morpholine rings is 1. The van der Waals surface area contributed by atoms with Crippen molar-refractivity contribution in [1.29, 1.82) is 0 Å².